The van der Waals surface area contributed by atoms with E-state index in [2.05, 4.69) is 29.9 Å². The van der Waals surface area contributed by atoms with Crippen LogP contribution in [-0.2, 0) is 0 Å². The van der Waals surface area contributed by atoms with Crippen LogP contribution in [0.3, 0.4) is 0 Å². The number of carbonyl (C=O) groups is 1. The van der Waals surface area contributed by atoms with Crippen LogP contribution < -0.4 is 32.4 Å². The molecule has 44 heavy (non-hydrogen) atoms. The summed E-state index contributed by atoms with van der Waals surface area (Å²) in [5.74, 6) is 2.81. The fourth-order valence-corrected chi connectivity index (χ4v) is 4.26. The number of rotatable bonds is 8. The molecular formula is C31H24N10O3. The number of hydrogen-bond acceptors (Lipinski definition) is 13. The SMILES string of the molecule is Nc1nc(N)nc(-c2cccc(Oc3ccc(C(=O)c4ccc(Oc5cccc(-c6nc(N)nc(N)n6)c5)cc4)cc3)c2)n1. The van der Waals surface area contributed by atoms with Gasteiger partial charge in [-0.15, -0.1) is 0 Å². The molecule has 8 N–H and O–H groups in total. The van der Waals surface area contributed by atoms with Gasteiger partial charge in [-0.3, -0.25) is 4.79 Å². The van der Waals surface area contributed by atoms with Crippen LogP contribution in [0.5, 0.6) is 23.0 Å². The van der Waals surface area contributed by atoms with Crippen LogP contribution in [0.15, 0.2) is 97.1 Å². The second-order valence-corrected chi connectivity index (χ2v) is 9.39. The Hall–Kier alpha value is -6.63. The second-order valence-electron chi connectivity index (χ2n) is 9.39. The van der Waals surface area contributed by atoms with E-state index < -0.39 is 0 Å². The van der Waals surface area contributed by atoms with Crippen molar-refractivity contribution < 1.29 is 14.3 Å². The van der Waals surface area contributed by atoms with E-state index >= 15 is 0 Å². The summed E-state index contributed by atoms with van der Waals surface area (Å²) in [7, 11) is 0. The van der Waals surface area contributed by atoms with Gasteiger partial charge in [-0.25, -0.2) is 0 Å². The van der Waals surface area contributed by atoms with E-state index in [1.165, 1.54) is 0 Å². The first-order valence-electron chi connectivity index (χ1n) is 13.1. The van der Waals surface area contributed by atoms with Gasteiger partial charge in [-0.1, -0.05) is 24.3 Å². The number of ketones is 1. The first-order valence-corrected chi connectivity index (χ1v) is 13.1. The van der Waals surface area contributed by atoms with Gasteiger partial charge in [0, 0.05) is 22.3 Å². The molecular weight excluding hydrogens is 560 g/mol. The van der Waals surface area contributed by atoms with Gasteiger partial charge in [0.05, 0.1) is 0 Å². The standard InChI is InChI=1S/C31H24N10O3/c32-28-36-26(37-29(33)40-28)19-3-1-5-23(15-19)43-21-11-7-17(8-12-21)25(42)18-9-13-22(14-10-18)44-24-6-2-4-20(16-24)27-38-30(34)41-31(35)39-27/h1-16H,(H4,32,33,36,37,40)(H4,34,35,38,39,41). The number of nitrogens with zero attached hydrogens (tertiary/aromatic N) is 6. The summed E-state index contributed by atoms with van der Waals surface area (Å²) in [6.45, 7) is 0. The van der Waals surface area contributed by atoms with Gasteiger partial charge in [0.1, 0.15) is 23.0 Å². The minimum absolute atomic E-state index is 0.0288. The zero-order chi connectivity index (χ0) is 30.6. The van der Waals surface area contributed by atoms with Crippen molar-refractivity contribution in [1.82, 2.24) is 29.9 Å². The Labute approximate surface area is 250 Å². The first kappa shape index (κ1) is 27.5. The van der Waals surface area contributed by atoms with E-state index in [0.717, 1.165) is 0 Å². The van der Waals surface area contributed by atoms with Crippen molar-refractivity contribution in [3.8, 4) is 45.8 Å². The number of hydrogen-bond donors (Lipinski definition) is 4. The van der Waals surface area contributed by atoms with Gasteiger partial charge in [-0.05, 0) is 72.8 Å². The topological polar surface area (TPSA) is 217 Å². The number of nitrogen functional groups attached to an aromatic ring is 4. The molecule has 0 bridgehead atoms. The molecule has 0 saturated heterocycles. The fourth-order valence-electron chi connectivity index (χ4n) is 4.26. The molecule has 0 amide bonds. The largest absolute Gasteiger partial charge is 0.457 e. The predicted molar refractivity (Wildman–Crippen MR) is 165 cm³/mol. The van der Waals surface area contributed by atoms with Gasteiger partial charge in [0.2, 0.25) is 23.8 Å². The Bertz CT molecular complexity index is 1800. The van der Waals surface area contributed by atoms with Crippen LogP contribution in [-0.4, -0.2) is 35.7 Å². The normalized spacial score (nSPS) is 10.7. The van der Waals surface area contributed by atoms with E-state index in [4.69, 9.17) is 32.4 Å². The number of anilines is 4. The lowest BCUT2D eigenvalue weighted by Gasteiger charge is -2.10. The highest BCUT2D eigenvalue weighted by Gasteiger charge is 2.12. The molecule has 6 rings (SSSR count). The summed E-state index contributed by atoms with van der Waals surface area (Å²) in [4.78, 5) is 37.2. The van der Waals surface area contributed by atoms with Crippen LogP contribution in [0.4, 0.5) is 23.8 Å². The Balaban J connectivity index is 1.11. The van der Waals surface area contributed by atoms with Crippen LogP contribution >= 0.6 is 0 Å². The van der Waals surface area contributed by atoms with E-state index in [1.54, 1.807) is 97.1 Å². The van der Waals surface area contributed by atoms with E-state index in [-0.39, 0.29) is 29.6 Å². The maximum Gasteiger partial charge on any atom is 0.225 e. The lowest BCUT2D eigenvalue weighted by atomic mass is 10.0. The minimum atomic E-state index is -0.151. The second kappa shape index (κ2) is 11.7. The number of carbonyl (C=O) groups excluding carboxylic acids is 1. The molecule has 6 aromatic rings. The number of aromatic nitrogens is 6. The summed E-state index contributed by atoms with van der Waals surface area (Å²) < 4.78 is 12.0. The summed E-state index contributed by atoms with van der Waals surface area (Å²) in [6, 6.07) is 28.0. The lowest BCUT2D eigenvalue weighted by molar-refractivity contribution is 0.103. The van der Waals surface area contributed by atoms with Crippen LogP contribution in [0, 0.1) is 0 Å². The van der Waals surface area contributed by atoms with Crippen molar-refractivity contribution >= 4 is 29.6 Å². The molecule has 216 valence electrons. The highest BCUT2D eigenvalue weighted by Crippen LogP contribution is 2.29. The van der Waals surface area contributed by atoms with Crippen molar-refractivity contribution in [2.45, 2.75) is 0 Å². The Morgan fingerprint density at radius 1 is 0.455 bits per heavy atom. The summed E-state index contributed by atoms with van der Waals surface area (Å²) >= 11 is 0. The van der Waals surface area contributed by atoms with Crippen molar-refractivity contribution in [2.75, 3.05) is 22.9 Å². The lowest BCUT2D eigenvalue weighted by Crippen LogP contribution is -2.04. The third-order valence-electron chi connectivity index (χ3n) is 6.23. The zero-order valence-corrected chi connectivity index (χ0v) is 23.0. The van der Waals surface area contributed by atoms with Gasteiger partial charge in [-0.2, -0.15) is 29.9 Å². The first-order chi connectivity index (χ1) is 21.3. The van der Waals surface area contributed by atoms with Crippen LogP contribution in [0.2, 0.25) is 0 Å². The van der Waals surface area contributed by atoms with Gasteiger partial charge >= 0.3 is 0 Å². The molecule has 2 aromatic heterocycles. The average molecular weight is 585 g/mol. The minimum Gasteiger partial charge on any atom is -0.457 e. The van der Waals surface area contributed by atoms with Gasteiger partial charge < -0.3 is 32.4 Å². The number of ether oxygens (including phenoxy) is 2. The molecule has 0 saturated carbocycles. The molecule has 0 unspecified atom stereocenters. The maximum atomic E-state index is 13.1. The van der Waals surface area contributed by atoms with E-state index in [9.17, 15) is 4.79 Å². The quantitative estimate of drug-likeness (QED) is 0.181. The molecule has 4 aromatic carbocycles. The van der Waals surface area contributed by atoms with E-state index in [0.29, 0.717) is 56.9 Å². The molecule has 0 aliphatic rings. The summed E-state index contributed by atoms with van der Waals surface area (Å²) in [5.41, 5.74) is 25.1. The Morgan fingerprint density at radius 3 is 1.18 bits per heavy atom. The Morgan fingerprint density at radius 2 is 0.818 bits per heavy atom. The molecule has 0 aliphatic carbocycles. The summed E-state index contributed by atoms with van der Waals surface area (Å²) in [6.07, 6.45) is 0. The monoisotopic (exact) mass is 584 g/mol. The third kappa shape index (κ3) is 6.31. The van der Waals surface area contributed by atoms with Crippen LogP contribution in [0.1, 0.15) is 15.9 Å². The molecule has 13 nitrogen and oxygen atoms in total. The van der Waals surface area contributed by atoms with Crippen LogP contribution in [0.25, 0.3) is 22.8 Å². The fraction of sp³-hybridized carbons (Fsp3) is 0. The van der Waals surface area contributed by atoms with Crippen molar-refractivity contribution in [1.29, 1.82) is 0 Å². The van der Waals surface area contributed by atoms with Crippen molar-refractivity contribution in [3.63, 3.8) is 0 Å². The Kier molecular flexibility index (Phi) is 7.32. The number of nitrogens with two attached hydrogens (primary N) is 4. The molecule has 0 atom stereocenters. The van der Waals surface area contributed by atoms with Crippen molar-refractivity contribution in [2.24, 2.45) is 0 Å². The van der Waals surface area contributed by atoms with Crippen molar-refractivity contribution in [3.05, 3.63) is 108 Å². The smallest absolute Gasteiger partial charge is 0.225 e. The third-order valence-corrected chi connectivity index (χ3v) is 6.23. The molecule has 0 spiro atoms. The van der Waals surface area contributed by atoms with Gasteiger partial charge in [0.25, 0.3) is 0 Å². The van der Waals surface area contributed by atoms with E-state index in [1.807, 2.05) is 0 Å². The molecule has 0 fully saturated rings. The molecule has 13 heteroatoms. The zero-order valence-electron chi connectivity index (χ0n) is 23.0. The molecule has 0 aliphatic heterocycles. The van der Waals surface area contributed by atoms with Gasteiger partial charge in [0.15, 0.2) is 17.4 Å². The highest BCUT2D eigenvalue weighted by atomic mass is 16.5. The highest BCUT2D eigenvalue weighted by molar-refractivity contribution is 6.09. The number of benzene rings is 4. The maximum absolute atomic E-state index is 13.1. The molecule has 2 heterocycles. The summed E-state index contributed by atoms with van der Waals surface area (Å²) in [5, 5.41) is 0. The molecule has 0 radical (unpaired) electrons. The predicted octanol–water partition coefficient (Wildman–Crippen LogP) is 4.54. The average Bonchev–Trinajstić information content (AvgIpc) is 3.01.